The van der Waals surface area contributed by atoms with Crippen LogP contribution in [0.4, 0.5) is 0 Å². The van der Waals surface area contributed by atoms with Gasteiger partial charge in [-0.25, -0.2) is 8.42 Å². The summed E-state index contributed by atoms with van der Waals surface area (Å²) >= 11 is 0. The van der Waals surface area contributed by atoms with E-state index >= 15 is 0 Å². The molecule has 1 rings (SSSR count). The molecule has 0 aliphatic rings. The van der Waals surface area contributed by atoms with Crippen molar-refractivity contribution in [2.45, 2.75) is 19.4 Å². The molecule has 0 radical (unpaired) electrons. The molecule has 3 N–H and O–H groups in total. The summed E-state index contributed by atoms with van der Waals surface area (Å²) in [6.07, 6.45) is 2.63. The molecule has 0 aliphatic heterocycles. The fourth-order valence-corrected chi connectivity index (χ4v) is 2.68. The van der Waals surface area contributed by atoms with E-state index in [1.807, 2.05) is 0 Å². The van der Waals surface area contributed by atoms with Crippen LogP contribution in [0.3, 0.4) is 0 Å². The molecule has 102 valence electrons. The Hall–Kier alpha value is -1.34. The number of nitrogens with one attached hydrogen (secondary N) is 1. The van der Waals surface area contributed by atoms with Crippen molar-refractivity contribution in [1.29, 1.82) is 0 Å². The van der Waals surface area contributed by atoms with Gasteiger partial charge in [0, 0.05) is 0 Å². The van der Waals surface area contributed by atoms with E-state index in [1.165, 1.54) is 6.26 Å². The number of rotatable bonds is 8. The zero-order valence-corrected chi connectivity index (χ0v) is 10.9. The third-order valence-corrected chi connectivity index (χ3v) is 3.91. The second kappa shape index (κ2) is 7.17. The van der Waals surface area contributed by atoms with Gasteiger partial charge in [0.2, 0.25) is 5.91 Å². The number of unbranched alkanes of at least 4 members (excludes halogenated alkanes) is 1. The lowest BCUT2D eigenvalue weighted by molar-refractivity contribution is -0.118. The SMILES string of the molecule is NCCCCS(=O)(=O)CC(=O)NCc1ccco1. The largest absolute Gasteiger partial charge is 0.467 e. The molecule has 6 nitrogen and oxygen atoms in total. The third-order valence-electron chi connectivity index (χ3n) is 2.30. The summed E-state index contributed by atoms with van der Waals surface area (Å²) in [5.41, 5.74) is 5.28. The van der Waals surface area contributed by atoms with Gasteiger partial charge in [-0.2, -0.15) is 0 Å². The van der Waals surface area contributed by atoms with Gasteiger partial charge in [-0.05, 0) is 31.5 Å². The lowest BCUT2D eigenvalue weighted by Gasteiger charge is -2.05. The smallest absolute Gasteiger partial charge is 0.235 e. The molecular formula is C11H18N2O4S. The van der Waals surface area contributed by atoms with Crippen molar-refractivity contribution < 1.29 is 17.6 Å². The topological polar surface area (TPSA) is 102 Å². The third kappa shape index (κ3) is 5.83. The number of carbonyl (C=O) groups excluding carboxylic acids is 1. The van der Waals surface area contributed by atoms with Gasteiger partial charge in [-0.15, -0.1) is 0 Å². The molecule has 0 bridgehead atoms. The Morgan fingerprint density at radius 3 is 2.78 bits per heavy atom. The molecule has 18 heavy (non-hydrogen) atoms. The van der Waals surface area contributed by atoms with Gasteiger partial charge in [-0.3, -0.25) is 4.79 Å². The highest BCUT2D eigenvalue weighted by molar-refractivity contribution is 7.92. The number of amides is 1. The van der Waals surface area contributed by atoms with Gasteiger partial charge in [-0.1, -0.05) is 0 Å². The average molecular weight is 274 g/mol. The minimum atomic E-state index is -3.34. The van der Waals surface area contributed by atoms with Crippen LogP contribution in [0.15, 0.2) is 22.8 Å². The van der Waals surface area contributed by atoms with Crippen molar-refractivity contribution in [3.8, 4) is 0 Å². The maximum atomic E-state index is 11.6. The highest BCUT2D eigenvalue weighted by atomic mass is 32.2. The van der Waals surface area contributed by atoms with Crippen LogP contribution in [0.2, 0.25) is 0 Å². The predicted molar refractivity (Wildman–Crippen MR) is 67.5 cm³/mol. The van der Waals surface area contributed by atoms with Crippen molar-refractivity contribution in [2.75, 3.05) is 18.1 Å². The summed E-state index contributed by atoms with van der Waals surface area (Å²) in [7, 11) is -3.34. The summed E-state index contributed by atoms with van der Waals surface area (Å²) in [5.74, 6) is -0.417. The highest BCUT2D eigenvalue weighted by Gasteiger charge is 2.16. The molecule has 0 saturated heterocycles. The summed E-state index contributed by atoms with van der Waals surface area (Å²) in [6.45, 7) is 0.657. The molecule has 0 spiro atoms. The molecule has 1 aromatic rings. The van der Waals surface area contributed by atoms with Crippen molar-refractivity contribution >= 4 is 15.7 Å². The first-order valence-corrected chi connectivity index (χ1v) is 7.55. The molecule has 1 amide bonds. The Bertz CT molecular complexity index is 453. The first kappa shape index (κ1) is 14.7. The van der Waals surface area contributed by atoms with Gasteiger partial charge < -0.3 is 15.5 Å². The molecule has 0 unspecified atom stereocenters. The summed E-state index contributed by atoms with van der Waals surface area (Å²) in [5, 5.41) is 2.50. The first-order valence-electron chi connectivity index (χ1n) is 5.73. The van der Waals surface area contributed by atoms with E-state index in [-0.39, 0.29) is 12.3 Å². The van der Waals surface area contributed by atoms with Crippen molar-refractivity contribution in [1.82, 2.24) is 5.32 Å². The van der Waals surface area contributed by atoms with Crippen LogP contribution in [-0.2, 0) is 21.2 Å². The predicted octanol–water partition coefficient (Wildman–Crippen LogP) is 0.0495. The van der Waals surface area contributed by atoms with E-state index in [9.17, 15) is 13.2 Å². The molecule has 1 heterocycles. The highest BCUT2D eigenvalue weighted by Crippen LogP contribution is 2.00. The second-order valence-electron chi connectivity index (χ2n) is 3.94. The van der Waals surface area contributed by atoms with Crippen LogP contribution in [0.1, 0.15) is 18.6 Å². The maximum Gasteiger partial charge on any atom is 0.235 e. The zero-order valence-electron chi connectivity index (χ0n) is 10.1. The van der Waals surface area contributed by atoms with E-state index in [0.717, 1.165) is 0 Å². The number of hydrogen-bond acceptors (Lipinski definition) is 5. The van der Waals surface area contributed by atoms with E-state index in [0.29, 0.717) is 25.1 Å². The monoisotopic (exact) mass is 274 g/mol. The lowest BCUT2D eigenvalue weighted by atomic mass is 10.3. The lowest BCUT2D eigenvalue weighted by Crippen LogP contribution is -2.30. The standard InChI is InChI=1S/C11H18N2O4S/c12-5-1-2-7-18(15,16)9-11(14)13-8-10-4-3-6-17-10/h3-4,6H,1-2,5,7-9,12H2,(H,13,14). The van der Waals surface area contributed by atoms with E-state index in [2.05, 4.69) is 5.32 Å². The average Bonchev–Trinajstić information content (AvgIpc) is 2.78. The number of furan rings is 1. The number of hydrogen-bond donors (Lipinski definition) is 2. The summed E-state index contributed by atoms with van der Waals surface area (Å²) in [4.78, 5) is 11.4. The number of carbonyl (C=O) groups is 1. The van der Waals surface area contributed by atoms with Crippen LogP contribution >= 0.6 is 0 Å². The Kier molecular flexibility index (Phi) is 5.87. The van der Waals surface area contributed by atoms with Gasteiger partial charge in [0.05, 0.1) is 18.6 Å². The van der Waals surface area contributed by atoms with Crippen molar-refractivity contribution in [2.24, 2.45) is 5.73 Å². The zero-order chi connectivity index (χ0) is 13.4. The minimum absolute atomic E-state index is 0.00162. The molecule has 0 atom stereocenters. The number of sulfone groups is 1. The molecule has 0 aliphatic carbocycles. The fourth-order valence-electron chi connectivity index (χ4n) is 1.39. The molecule has 0 saturated carbocycles. The van der Waals surface area contributed by atoms with Crippen molar-refractivity contribution in [3.05, 3.63) is 24.2 Å². The quantitative estimate of drug-likeness (QED) is 0.652. The van der Waals surface area contributed by atoms with Crippen LogP contribution in [0.5, 0.6) is 0 Å². The maximum absolute atomic E-state index is 11.6. The summed E-state index contributed by atoms with van der Waals surface area (Å²) < 4.78 is 28.1. The van der Waals surface area contributed by atoms with Gasteiger partial charge in [0.25, 0.3) is 0 Å². The van der Waals surface area contributed by atoms with Crippen LogP contribution < -0.4 is 11.1 Å². The van der Waals surface area contributed by atoms with E-state index < -0.39 is 21.5 Å². The number of nitrogens with two attached hydrogens (primary N) is 1. The molecule has 1 aromatic heterocycles. The molecule has 7 heteroatoms. The van der Waals surface area contributed by atoms with Crippen LogP contribution in [0.25, 0.3) is 0 Å². The fraction of sp³-hybridized carbons (Fsp3) is 0.545. The minimum Gasteiger partial charge on any atom is -0.467 e. The van der Waals surface area contributed by atoms with Gasteiger partial charge >= 0.3 is 0 Å². The normalized spacial score (nSPS) is 11.4. The van der Waals surface area contributed by atoms with Crippen molar-refractivity contribution in [3.63, 3.8) is 0 Å². The van der Waals surface area contributed by atoms with Crippen LogP contribution in [0, 0.1) is 0 Å². The van der Waals surface area contributed by atoms with Gasteiger partial charge in [0.15, 0.2) is 9.84 Å². The Morgan fingerprint density at radius 2 is 2.17 bits per heavy atom. The Morgan fingerprint density at radius 1 is 1.39 bits per heavy atom. The molecule has 0 fully saturated rings. The van der Waals surface area contributed by atoms with Crippen LogP contribution in [-0.4, -0.2) is 32.4 Å². The summed E-state index contributed by atoms with van der Waals surface area (Å²) in [6, 6.07) is 3.40. The van der Waals surface area contributed by atoms with E-state index in [1.54, 1.807) is 12.1 Å². The molecule has 0 aromatic carbocycles. The van der Waals surface area contributed by atoms with E-state index in [4.69, 9.17) is 10.2 Å². The van der Waals surface area contributed by atoms with Gasteiger partial charge in [0.1, 0.15) is 11.5 Å². The second-order valence-corrected chi connectivity index (χ2v) is 6.13. The Labute approximate surface area is 106 Å². The Balaban J connectivity index is 2.30. The first-order chi connectivity index (χ1) is 8.53. The molecular weight excluding hydrogens is 256 g/mol.